The van der Waals surface area contributed by atoms with Gasteiger partial charge in [-0.15, -0.1) is 0 Å². The van der Waals surface area contributed by atoms with Gasteiger partial charge < -0.3 is 54.6 Å². The molecule has 0 aromatic carbocycles. The Morgan fingerprint density at radius 1 is 0.867 bits per heavy atom. The van der Waals surface area contributed by atoms with E-state index in [9.17, 15) is 28.9 Å². The van der Waals surface area contributed by atoms with Crippen LogP contribution in [0.4, 0.5) is 0 Å². The van der Waals surface area contributed by atoms with Crippen molar-refractivity contribution in [2.75, 3.05) is 59.4 Å². The third-order valence-electron chi connectivity index (χ3n) is 6.68. The largest absolute Gasteiger partial charge is 0.377 e. The number of rotatable bonds is 25. The Bertz CT molecular complexity index is 952. The van der Waals surface area contributed by atoms with Crippen molar-refractivity contribution in [3.63, 3.8) is 0 Å². The van der Waals surface area contributed by atoms with E-state index in [0.29, 0.717) is 32.0 Å². The number of carbonyl (C=O) groups excluding carboxylic acids is 5. The molecule has 45 heavy (non-hydrogen) atoms. The van der Waals surface area contributed by atoms with Gasteiger partial charge in [-0.1, -0.05) is 0 Å². The van der Waals surface area contributed by atoms with Crippen LogP contribution in [0.15, 0.2) is 0 Å². The number of hydrogen-bond acceptors (Lipinski definition) is 13. The first-order valence-electron chi connectivity index (χ1n) is 14.9. The first-order valence-corrected chi connectivity index (χ1v) is 18.0. The molecule has 1 fully saturated rings. The van der Waals surface area contributed by atoms with Gasteiger partial charge in [0, 0.05) is 38.5 Å². The molecule has 0 aliphatic heterocycles. The number of hydrogen-bond donors (Lipinski definition) is 7. The molecule has 0 bridgehead atoms. The van der Waals surface area contributed by atoms with Crippen LogP contribution in [0.25, 0.3) is 0 Å². The SMILES string of the molecule is CP(O)(=S)OC1CCC(C(=O)NC(C=O)CCC(=O)NC(CCC(=O)NCCOCCON)C(=O)NCCOCCON)CC1. The summed E-state index contributed by atoms with van der Waals surface area (Å²) in [7, 11) is 0. The highest BCUT2D eigenvalue weighted by Gasteiger charge is 2.30. The zero-order valence-electron chi connectivity index (χ0n) is 25.7. The van der Waals surface area contributed by atoms with Crippen LogP contribution in [0.3, 0.4) is 0 Å². The van der Waals surface area contributed by atoms with Gasteiger partial charge >= 0.3 is 0 Å². The highest BCUT2D eigenvalue weighted by molar-refractivity contribution is 8.09. The van der Waals surface area contributed by atoms with E-state index >= 15 is 0 Å². The third-order valence-corrected chi connectivity index (χ3v) is 7.63. The molecule has 1 rings (SSSR count). The highest BCUT2D eigenvalue weighted by atomic mass is 32.5. The molecule has 3 atom stereocenters. The molecule has 1 aliphatic carbocycles. The predicted molar refractivity (Wildman–Crippen MR) is 166 cm³/mol. The summed E-state index contributed by atoms with van der Waals surface area (Å²) >= 11 is 4.93. The molecule has 0 heterocycles. The van der Waals surface area contributed by atoms with Gasteiger partial charge in [-0.2, -0.15) is 0 Å². The average Bonchev–Trinajstić information content (AvgIpc) is 3.00. The molecule has 0 aromatic rings. The Kier molecular flexibility index (Phi) is 21.9. The fraction of sp³-hybridized carbons (Fsp3) is 0.808. The van der Waals surface area contributed by atoms with Crippen LogP contribution < -0.4 is 33.1 Å². The Morgan fingerprint density at radius 3 is 2.00 bits per heavy atom. The summed E-state index contributed by atoms with van der Waals surface area (Å²) in [6.45, 7) is 0.411. The lowest BCUT2D eigenvalue weighted by Gasteiger charge is -2.29. The standard InChI is InChI=1S/C26H49N6O11PS/c1-44(38,45)43-21-5-2-19(3-6-21)25(36)31-20(18-33)4-8-24(35)32-22(26(37)30-11-13-40-15-17-42-28)7-9-23(34)29-10-12-39-14-16-41-27/h18-22H,2-17,27-28H2,1H3,(H,29,34)(H,30,37)(H,31,36)(H,32,35)(H,38,45). The summed E-state index contributed by atoms with van der Waals surface area (Å²) in [6.07, 6.45) is 2.35. The lowest BCUT2D eigenvalue weighted by Crippen LogP contribution is -2.48. The lowest BCUT2D eigenvalue weighted by molar-refractivity contribution is -0.130. The van der Waals surface area contributed by atoms with Crippen LogP contribution in [0.2, 0.25) is 0 Å². The lowest BCUT2D eigenvalue weighted by atomic mass is 9.86. The van der Waals surface area contributed by atoms with Crippen molar-refractivity contribution < 1.29 is 52.5 Å². The second-order valence-electron chi connectivity index (χ2n) is 10.4. The fourth-order valence-electron chi connectivity index (χ4n) is 4.42. The molecule has 9 N–H and O–H groups in total. The summed E-state index contributed by atoms with van der Waals surface area (Å²) in [4.78, 5) is 80.8. The van der Waals surface area contributed by atoms with Crippen LogP contribution in [0, 0.1) is 5.92 Å². The third kappa shape index (κ3) is 20.6. The maximum atomic E-state index is 12.8. The monoisotopic (exact) mass is 684 g/mol. The van der Waals surface area contributed by atoms with Gasteiger partial charge in [0.2, 0.25) is 23.6 Å². The van der Waals surface area contributed by atoms with E-state index in [1.165, 1.54) is 6.66 Å². The van der Waals surface area contributed by atoms with Crippen LogP contribution in [-0.4, -0.2) is 112 Å². The zero-order valence-corrected chi connectivity index (χ0v) is 27.5. The van der Waals surface area contributed by atoms with Gasteiger partial charge in [-0.05, 0) is 50.3 Å². The van der Waals surface area contributed by atoms with E-state index in [4.69, 9.17) is 37.6 Å². The Labute approximate surface area is 268 Å². The van der Waals surface area contributed by atoms with E-state index in [1.807, 2.05) is 0 Å². The number of nitrogens with one attached hydrogen (secondary N) is 4. The smallest absolute Gasteiger partial charge is 0.242 e. The molecule has 0 saturated heterocycles. The molecule has 3 unspecified atom stereocenters. The van der Waals surface area contributed by atoms with Crippen LogP contribution in [-0.2, 0) is 59.5 Å². The van der Waals surface area contributed by atoms with E-state index in [1.54, 1.807) is 0 Å². The van der Waals surface area contributed by atoms with Crippen LogP contribution in [0.5, 0.6) is 0 Å². The van der Waals surface area contributed by atoms with Crippen molar-refractivity contribution in [1.29, 1.82) is 0 Å². The van der Waals surface area contributed by atoms with Crippen LogP contribution in [0.1, 0.15) is 51.4 Å². The number of carbonyl (C=O) groups is 5. The van der Waals surface area contributed by atoms with Gasteiger partial charge in [-0.3, -0.25) is 19.2 Å². The molecule has 260 valence electrons. The van der Waals surface area contributed by atoms with E-state index in [-0.39, 0.29) is 102 Å². The molecule has 0 spiro atoms. The second kappa shape index (κ2) is 24.1. The molecular formula is C26H49N6O11PS. The molecular weight excluding hydrogens is 635 g/mol. The second-order valence-corrected chi connectivity index (χ2v) is 14.3. The molecule has 19 heteroatoms. The highest BCUT2D eigenvalue weighted by Crippen LogP contribution is 2.42. The van der Waals surface area contributed by atoms with E-state index < -0.39 is 30.4 Å². The Balaban J connectivity index is 2.57. The minimum absolute atomic E-state index is 0.0102. The molecule has 17 nitrogen and oxygen atoms in total. The Morgan fingerprint density at radius 2 is 1.44 bits per heavy atom. The summed E-state index contributed by atoms with van der Waals surface area (Å²) in [5, 5.41) is 10.6. The molecule has 1 aliphatic rings. The summed E-state index contributed by atoms with van der Waals surface area (Å²) in [5.74, 6) is 7.83. The quantitative estimate of drug-likeness (QED) is 0.0244. The summed E-state index contributed by atoms with van der Waals surface area (Å²) < 4.78 is 16.0. The normalized spacial score (nSPS) is 19.0. The predicted octanol–water partition coefficient (Wildman–Crippen LogP) is -1.73. The Hall–Kier alpha value is -2.12. The molecule has 1 saturated carbocycles. The average molecular weight is 685 g/mol. The maximum Gasteiger partial charge on any atom is 0.242 e. The zero-order chi connectivity index (χ0) is 33.5. The van der Waals surface area contributed by atoms with Crippen molar-refractivity contribution in [2.45, 2.75) is 69.6 Å². The first kappa shape index (κ1) is 40.9. The maximum absolute atomic E-state index is 12.8. The number of nitrogens with two attached hydrogens (primary N) is 2. The molecule has 0 radical (unpaired) electrons. The fourth-order valence-corrected chi connectivity index (χ4v) is 5.55. The van der Waals surface area contributed by atoms with Gasteiger partial charge in [0.1, 0.15) is 12.3 Å². The number of ether oxygens (including phenoxy) is 2. The van der Waals surface area contributed by atoms with Crippen LogP contribution >= 0.6 is 6.49 Å². The topological polar surface area (TPSA) is 252 Å². The van der Waals surface area contributed by atoms with Gasteiger partial charge in [-0.25, -0.2) is 11.8 Å². The van der Waals surface area contributed by atoms with Gasteiger partial charge in [0.05, 0.1) is 51.8 Å². The minimum atomic E-state index is -2.79. The summed E-state index contributed by atoms with van der Waals surface area (Å²) in [5.41, 5.74) is 0. The number of aldehydes is 1. The summed E-state index contributed by atoms with van der Waals surface area (Å²) in [6, 6.07) is -1.93. The van der Waals surface area contributed by atoms with Crippen molar-refractivity contribution in [3.8, 4) is 0 Å². The van der Waals surface area contributed by atoms with Crippen molar-refractivity contribution in [3.05, 3.63) is 0 Å². The van der Waals surface area contributed by atoms with Gasteiger partial charge in [0.15, 0.2) is 6.49 Å². The molecule has 0 aromatic heterocycles. The van der Waals surface area contributed by atoms with Gasteiger partial charge in [0.25, 0.3) is 0 Å². The minimum Gasteiger partial charge on any atom is -0.377 e. The number of amides is 4. The molecule has 4 amide bonds. The van der Waals surface area contributed by atoms with E-state index in [0.717, 1.165) is 0 Å². The van der Waals surface area contributed by atoms with Crippen molar-refractivity contribution in [1.82, 2.24) is 21.3 Å². The van der Waals surface area contributed by atoms with Crippen molar-refractivity contribution >= 4 is 48.2 Å². The van der Waals surface area contributed by atoms with E-state index in [2.05, 4.69) is 30.9 Å². The first-order chi connectivity index (χ1) is 21.5. The van der Waals surface area contributed by atoms with Crippen molar-refractivity contribution in [2.24, 2.45) is 17.7 Å².